The predicted molar refractivity (Wildman–Crippen MR) is 54.2 cm³/mol. The van der Waals surface area contributed by atoms with Crippen molar-refractivity contribution in [2.24, 2.45) is 0 Å². The van der Waals surface area contributed by atoms with E-state index in [1.165, 1.54) is 12.0 Å². The molecule has 0 aliphatic carbocycles. The molecule has 1 fully saturated rings. The molecule has 13 heavy (non-hydrogen) atoms. The van der Waals surface area contributed by atoms with E-state index in [1.54, 1.807) is 0 Å². The summed E-state index contributed by atoms with van der Waals surface area (Å²) in [7, 11) is 0. The van der Waals surface area contributed by atoms with E-state index in [0.29, 0.717) is 6.04 Å². The van der Waals surface area contributed by atoms with E-state index >= 15 is 0 Å². The Kier molecular flexibility index (Phi) is 2.34. The van der Waals surface area contributed by atoms with E-state index in [4.69, 9.17) is 5.26 Å². The third-order valence-electron chi connectivity index (χ3n) is 2.28. The van der Waals surface area contributed by atoms with Crippen LogP contribution in [-0.2, 0) is 0 Å². The average molecular weight is 237 g/mol. The summed E-state index contributed by atoms with van der Waals surface area (Å²) >= 11 is 3.40. The molecule has 1 aromatic rings. The number of benzene rings is 1. The van der Waals surface area contributed by atoms with Crippen molar-refractivity contribution in [2.45, 2.75) is 12.5 Å². The van der Waals surface area contributed by atoms with Crippen molar-refractivity contribution in [1.82, 2.24) is 5.32 Å². The van der Waals surface area contributed by atoms with Crippen LogP contribution in [0.15, 0.2) is 22.7 Å². The summed E-state index contributed by atoms with van der Waals surface area (Å²) in [6, 6.07) is 8.45. The highest BCUT2D eigenvalue weighted by atomic mass is 79.9. The van der Waals surface area contributed by atoms with Gasteiger partial charge in [-0.1, -0.05) is 15.9 Å². The second-order valence-corrected chi connectivity index (χ2v) is 4.10. The van der Waals surface area contributed by atoms with Crippen molar-refractivity contribution < 1.29 is 0 Å². The first-order valence-corrected chi connectivity index (χ1v) is 5.03. The lowest BCUT2D eigenvalue weighted by Gasteiger charge is -2.28. The molecule has 0 amide bonds. The van der Waals surface area contributed by atoms with Gasteiger partial charge in [-0.15, -0.1) is 0 Å². The molecule has 1 aliphatic rings. The van der Waals surface area contributed by atoms with Gasteiger partial charge in [0.1, 0.15) is 0 Å². The van der Waals surface area contributed by atoms with E-state index in [2.05, 4.69) is 33.4 Å². The van der Waals surface area contributed by atoms with Crippen molar-refractivity contribution in [3.8, 4) is 6.07 Å². The standard InChI is InChI=1S/C10H9BrN2/c11-9-4-7(6-12)3-8(5-9)10-1-2-13-10/h3-5,10,13H,1-2H2/t10-/m0/s1. The number of nitrogens with zero attached hydrogens (tertiary/aromatic N) is 1. The Bertz CT molecular complexity index is 364. The molecule has 66 valence electrons. The number of nitrogens with one attached hydrogen (secondary N) is 1. The van der Waals surface area contributed by atoms with E-state index in [0.717, 1.165) is 16.6 Å². The molecule has 1 aliphatic heterocycles. The molecule has 1 N–H and O–H groups in total. The number of hydrogen-bond donors (Lipinski definition) is 1. The maximum atomic E-state index is 8.77. The molecule has 1 atom stereocenters. The summed E-state index contributed by atoms with van der Waals surface area (Å²) in [5, 5.41) is 12.1. The number of hydrogen-bond acceptors (Lipinski definition) is 2. The van der Waals surface area contributed by atoms with Gasteiger partial charge in [0.15, 0.2) is 0 Å². The van der Waals surface area contributed by atoms with Gasteiger partial charge >= 0.3 is 0 Å². The Hall–Kier alpha value is -0.850. The van der Waals surface area contributed by atoms with Crippen LogP contribution in [0.5, 0.6) is 0 Å². The maximum absolute atomic E-state index is 8.77. The smallest absolute Gasteiger partial charge is 0.0992 e. The van der Waals surface area contributed by atoms with E-state index in [9.17, 15) is 0 Å². The van der Waals surface area contributed by atoms with Gasteiger partial charge in [0, 0.05) is 10.5 Å². The quantitative estimate of drug-likeness (QED) is 0.813. The maximum Gasteiger partial charge on any atom is 0.0992 e. The molecule has 0 saturated carbocycles. The monoisotopic (exact) mass is 236 g/mol. The van der Waals surface area contributed by atoms with Gasteiger partial charge in [-0.25, -0.2) is 0 Å². The molecule has 0 bridgehead atoms. The highest BCUT2D eigenvalue weighted by molar-refractivity contribution is 9.10. The summed E-state index contributed by atoms with van der Waals surface area (Å²) in [6.45, 7) is 1.08. The summed E-state index contributed by atoms with van der Waals surface area (Å²) < 4.78 is 0.982. The van der Waals surface area contributed by atoms with Crippen LogP contribution in [0.25, 0.3) is 0 Å². The van der Waals surface area contributed by atoms with Gasteiger partial charge < -0.3 is 5.32 Å². The molecule has 1 heterocycles. The first-order chi connectivity index (χ1) is 6.29. The summed E-state index contributed by atoms with van der Waals surface area (Å²) in [4.78, 5) is 0. The second kappa shape index (κ2) is 3.49. The van der Waals surface area contributed by atoms with Crippen molar-refractivity contribution in [3.05, 3.63) is 33.8 Å². The van der Waals surface area contributed by atoms with Gasteiger partial charge in [0.25, 0.3) is 0 Å². The van der Waals surface area contributed by atoms with E-state index in [1.807, 2.05) is 12.1 Å². The summed E-state index contributed by atoms with van der Waals surface area (Å²) in [6.07, 6.45) is 1.17. The minimum atomic E-state index is 0.449. The van der Waals surface area contributed by atoms with Gasteiger partial charge in [-0.3, -0.25) is 0 Å². The fourth-order valence-corrected chi connectivity index (χ4v) is 1.96. The lowest BCUT2D eigenvalue weighted by Crippen LogP contribution is -2.34. The van der Waals surface area contributed by atoms with Crippen LogP contribution < -0.4 is 5.32 Å². The zero-order valence-corrected chi connectivity index (χ0v) is 8.63. The van der Waals surface area contributed by atoms with Crippen LogP contribution in [0, 0.1) is 11.3 Å². The van der Waals surface area contributed by atoms with Crippen LogP contribution >= 0.6 is 15.9 Å². The molecule has 3 heteroatoms. The molecule has 1 aromatic carbocycles. The van der Waals surface area contributed by atoms with E-state index in [-0.39, 0.29) is 0 Å². The molecule has 2 rings (SSSR count). The van der Waals surface area contributed by atoms with Crippen molar-refractivity contribution in [3.63, 3.8) is 0 Å². The molecule has 2 nitrogen and oxygen atoms in total. The number of halogens is 1. The first-order valence-electron chi connectivity index (χ1n) is 4.23. The Labute approximate surface area is 85.7 Å². The fraction of sp³-hybridized carbons (Fsp3) is 0.300. The third kappa shape index (κ3) is 1.74. The van der Waals surface area contributed by atoms with Gasteiger partial charge in [0.2, 0.25) is 0 Å². The Balaban J connectivity index is 2.35. The second-order valence-electron chi connectivity index (χ2n) is 3.18. The van der Waals surface area contributed by atoms with Gasteiger partial charge in [-0.05, 0) is 36.7 Å². The van der Waals surface area contributed by atoms with Crippen molar-refractivity contribution >= 4 is 15.9 Å². The van der Waals surface area contributed by atoms with Crippen molar-refractivity contribution in [1.29, 1.82) is 5.26 Å². The topological polar surface area (TPSA) is 35.8 Å². The van der Waals surface area contributed by atoms with E-state index < -0.39 is 0 Å². The third-order valence-corrected chi connectivity index (χ3v) is 2.73. The highest BCUT2D eigenvalue weighted by Gasteiger charge is 2.18. The molecular formula is C10H9BrN2. The van der Waals surface area contributed by atoms with Gasteiger partial charge in [-0.2, -0.15) is 5.26 Å². The normalized spacial score (nSPS) is 20.5. The zero-order valence-electron chi connectivity index (χ0n) is 7.05. The van der Waals surface area contributed by atoms with Crippen LogP contribution in [0.4, 0.5) is 0 Å². The largest absolute Gasteiger partial charge is 0.310 e. The Morgan fingerprint density at radius 1 is 1.46 bits per heavy atom. The zero-order chi connectivity index (χ0) is 9.26. The molecule has 0 unspecified atom stereocenters. The minimum absolute atomic E-state index is 0.449. The van der Waals surface area contributed by atoms with Crippen LogP contribution in [0.2, 0.25) is 0 Å². The SMILES string of the molecule is N#Cc1cc(Br)cc([C@@H]2CCN2)c1. The van der Waals surface area contributed by atoms with Crippen LogP contribution in [0.3, 0.4) is 0 Å². The molecule has 0 aromatic heterocycles. The van der Waals surface area contributed by atoms with Crippen molar-refractivity contribution in [2.75, 3.05) is 6.54 Å². The lowest BCUT2D eigenvalue weighted by atomic mass is 9.97. The lowest BCUT2D eigenvalue weighted by molar-refractivity contribution is 0.383. The average Bonchev–Trinajstić information content (AvgIpc) is 2.00. The Morgan fingerprint density at radius 2 is 2.23 bits per heavy atom. The molecule has 1 saturated heterocycles. The number of rotatable bonds is 1. The summed E-state index contributed by atoms with van der Waals surface area (Å²) in [5.74, 6) is 0. The first kappa shape index (κ1) is 8.74. The molecular weight excluding hydrogens is 228 g/mol. The number of nitriles is 1. The molecule has 0 radical (unpaired) electrons. The Morgan fingerprint density at radius 3 is 2.77 bits per heavy atom. The predicted octanol–water partition coefficient (Wildman–Crippen LogP) is 2.36. The van der Waals surface area contributed by atoms with Gasteiger partial charge in [0.05, 0.1) is 11.6 Å². The summed E-state index contributed by atoms with van der Waals surface area (Å²) in [5.41, 5.74) is 1.93. The fourth-order valence-electron chi connectivity index (χ4n) is 1.45. The molecule has 0 spiro atoms. The van der Waals surface area contributed by atoms with Crippen LogP contribution in [-0.4, -0.2) is 6.54 Å². The van der Waals surface area contributed by atoms with Crippen LogP contribution in [0.1, 0.15) is 23.6 Å². The highest BCUT2D eigenvalue weighted by Crippen LogP contribution is 2.26. The minimum Gasteiger partial charge on any atom is -0.310 e.